The van der Waals surface area contributed by atoms with E-state index in [4.69, 9.17) is 4.74 Å². The average Bonchev–Trinajstić information content (AvgIpc) is 3.25. The Morgan fingerprint density at radius 2 is 1.74 bits per heavy atom. The van der Waals surface area contributed by atoms with Gasteiger partial charge in [-0.15, -0.1) is 0 Å². The van der Waals surface area contributed by atoms with E-state index in [9.17, 15) is 9.59 Å². The van der Waals surface area contributed by atoms with Crippen molar-refractivity contribution in [3.8, 4) is 0 Å². The number of aryl methyl sites for hydroxylation is 1. The molecule has 1 atom stereocenters. The minimum atomic E-state index is -0.181. The van der Waals surface area contributed by atoms with Crippen LogP contribution in [0.15, 0.2) is 36.4 Å². The summed E-state index contributed by atoms with van der Waals surface area (Å²) < 4.78 is 5.80. The lowest BCUT2D eigenvalue weighted by atomic mass is 10.1. The van der Waals surface area contributed by atoms with Gasteiger partial charge in [-0.1, -0.05) is 12.1 Å². The number of hydrogen-bond acceptors (Lipinski definition) is 5. The van der Waals surface area contributed by atoms with Crippen molar-refractivity contribution in [1.29, 1.82) is 0 Å². The summed E-state index contributed by atoms with van der Waals surface area (Å²) in [6.07, 6.45) is 2.02. The fourth-order valence-electron chi connectivity index (χ4n) is 3.68. The number of hydrogen-bond donors (Lipinski definition) is 0. The molecule has 1 aromatic carbocycles. The molecule has 1 aromatic heterocycles. The monoisotopic (exact) mass is 424 g/mol. The first-order valence-corrected chi connectivity index (χ1v) is 10.6. The molecular weight excluding hydrogens is 392 g/mol. The molecule has 0 radical (unpaired) electrons. The molecule has 0 N–H and O–H groups in total. The van der Waals surface area contributed by atoms with Gasteiger partial charge in [0.25, 0.3) is 11.8 Å². The minimum Gasteiger partial charge on any atom is -0.378 e. The predicted octanol–water partition coefficient (Wildman–Crippen LogP) is 2.98. The Labute approximate surface area is 184 Å². The summed E-state index contributed by atoms with van der Waals surface area (Å²) in [4.78, 5) is 35.4. The Balaban J connectivity index is 1.84. The first-order chi connectivity index (χ1) is 14.8. The van der Waals surface area contributed by atoms with Crippen LogP contribution in [0.25, 0.3) is 0 Å². The number of anilines is 1. The number of nitrogens with zero attached hydrogens (tertiary/aromatic N) is 4. The van der Waals surface area contributed by atoms with Crippen molar-refractivity contribution in [3.05, 3.63) is 58.9 Å². The van der Waals surface area contributed by atoms with Crippen molar-refractivity contribution < 1.29 is 14.3 Å². The summed E-state index contributed by atoms with van der Waals surface area (Å²) in [5, 5.41) is 0. The van der Waals surface area contributed by atoms with Gasteiger partial charge in [0.2, 0.25) is 0 Å². The predicted molar refractivity (Wildman–Crippen MR) is 121 cm³/mol. The minimum absolute atomic E-state index is 0.0489. The third kappa shape index (κ3) is 5.61. The Kier molecular flexibility index (Phi) is 7.28. The van der Waals surface area contributed by atoms with Crippen LogP contribution in [0, 0.1) is 6.92 Å². The van der Waals surface area contributed by atoms with Crippen molar-refractivity contribution >= 4 is 17.5 Å². The number of carbonyl (C=O) groups is 2. The van der Waals surface area contributed by atoms with Crippen LogP contribution in [0.5, 0.6) is 0 Å². The molecule has 166 valence electrons. The molecule has 1 saturated heterocycles. The van der Waals surface area contributed by atoms with Crippen LogP contribution in [0.4, 0.5) is 5.69 Å². The molecule has 31 heavy (non-hydrogen) atoms. The van der Waals surface area contributed by atoms with E-state index in [1.54, 1.807) is 33.2 Å². The van der Waals surface area contributed by atoms with E-state index in [0.29, 0.717) is 30.0 Å². The number of aromatic nitrogens is 1. The van der Waals surface area contributed by atoms with Crippen LogP contribution < -0.4 is 4.90 Å². The zero-order chi connectivity index (χ0) is 22.5. The summed E-state index contributed by atoms with van der Waals surface area (Å²) in [6.45, 7) is 3.54. The highest BCUT2D eigenvalue weighted by Gasteiger charge is 2.25. The first kappa shape index (κ1) is 22.7. The molecule has 0 bridgehead atoms. The number of amides is 2. The fourth-order valence-corrected chi connectivity index (χ4v) is 3.68. The summed E-state index contributed by atoms with van der Waals surface area (Å²) in [7, 11) is 7.37. The van der Waals surface area contributed by atoms with Gasteiger partial charge in [0, 0.05) is 53.6 Å². The molecule has 0 saturated carbocycles. The van der Waals surface area contributed by atoms with Crippen molar-refractivity contribution in [2.24, 2.45) is 0 Å². The summed E-state index contributed by atoms with van der Waals surface area (Å²) in [5.74, 6) is -0.277. The molecule has 1 unspecified atom stereocenters. The van der Waals surface area contributed by atoms with Gasteiger partial charge < -0.3 is 19.4 Å². The van der Waals surface area contributed by atoms with Crippen molar-refractivity contribution in [1.82, 2.24) is 14.8 Å². The maximum Gasteiger partial charge on any atom is 0.271 e. The molecular formula is C24H32N4O3. The van der Waals surface area contributed by atoms with Gasteiger partial charge in [0.15, 0.2) is 0 Å². The molecule has 2 heterocycles. The van der Waals surface area contributed by atoms with E-state index >= 15 is 0 Å². The molecule has 1 aliphatic heterocycles. The van der Waals surface area contributed by atoms with Gasteiger partial charge in [-0.25, -0.2) is 4.98 Å². The van der Waals surface area contributed by atoms with Crippen molar-refractivity contribution in [2.45, 2.75) is 32.4 Å². The van der Waals surface area contributed by atoms with Crippen LogP contribution in [-0.4, -0.2) is 74.0 Å². The second-order valence-corrected chi connectivity index (χ2v) is 8.41. The van der Waals surface area contributed by atoms with Crippen LogP contribution >= 0.6 is 0 Å². The van der Waals surface area contributed by atoms with Gasteiger partial charge in [-0.3, -0.25) is 9.59 Å². The molecule has 3 rings (SSSR count). The van der Waals surface area contributed by atoms with Crippen LogP contribution in [0.2, 0.25) is 0 Å². The van der Waals surface area contributed by atoms with E-state index in [2.05, 4.69) is 29.2 Å². The molecule has 2 amide bonds. The Bertz CT molecular complexity index is 919. The van der Waals surface area contributed by atoms with Crippen LogP contribution in [-0.2, 0) is 11.3 Å². The molecule has 0 aliphatic carbocycles. The van der Waals surface area contributed by atoms with E-state index in [1.807, 2.05) is 23.9 Å². The first-order valence-electron chi connectivity index (χ1n) is 10.6. The Morgan fingerprint density at radius 3 is 2.29 bits per heavy atom. The molecule has 1 aliphatic rings. The van der Waals surface area contributed by atoms with Crippen LogP contribution in [0.1, 0.15) is 44.9 Å². The third-order valence-electron chi connectivity index (χ3n) is 5.50. The third-order valence-corrected chi connectivity index (χ3v) is 5.50. The lowest BCUT2D eigenvalue weighted by Gasteiger charge is -2.26. The van der Waals surface area contributed by atoms with Gasteiger partial charge in [0.1, 0.15) is 5.69 Å². The molecule has 1 fully saturated rings. The zero-order valence-corrected chi connectivity index (χ0v) is 19.1. The quantitative estimate of drug-likeness (QED) is 0.684. The van der Waals surface area contributed by atoms with Gasteiger partial charge in [-0.2, -0.15) is 0 Å². The number of pyridine rings is 1. The van der Waals surface area contributed by atoms with E-state index in [1.165, 1.54) is 4.90 Å². The van der Waals surface area contributed by atoms with E-state index in [0.717, 1.165) is 30.7 Å². The second-order valence-electron chi connectivity index (χ2n) is 8.41. The highest BCUT2D eigenvalue weighted by molar-refractivity contribution is 5.97. The number of benzene rings is 1. The van der Waals surface area contributed by atoms with Gasteiger partial charge in [0.05, 0.1) is 17.4 Å². The number of rotatable bonds is 7. The van der Waals surface area contributed by atoms with Crippen LogP contribution in [0.3, 0.4) is 0 Å². The zero-order valence-electron chi connectivity index (χ0n) is 19.1. The standard InChI is InChI=1S/C24H32N4O3/c1-17-21(12-13-22(25-17)24(30)27(4)5)23(29)28(16-20-7-6-14-31-20)15-18-8-10-19(11-9-18)26(2)3/h8-13,20H,6-7,14-16H2,1-5H3. The molecule has 7 nitrogen and oxygen atoms in total. The molecule has 2 aromatic rings. The highest BCUT2D eigenvalue weighted by atomic mass is 16.5. The number of ether oxygens (including phenoxy) is 1. The maximum absolute atomic E-state index is 13.5. The van der Waals surface area contributed by atoms with Gasteiger partial charge >= 0.3 is 0 Å². The largest absolute Gasteiger partial charge is 0.378 e. The average molecular weight is 425 g/mol. The lowest BCUT2D eigenvalue weighted by molar-refractivity contribution is 0.0506. The van der Waals surface area contributed by atoms with E-state index in [-0.39, 0.29) is 17.9 Å². The SMILES string of the molecule is Cc1nc(C(=O)N(C)C)ccc1C(=O)N(Cc1ccc(N(C)C)cc1)CC1CCCO1. The Hall–Kier alpha value is -2.93. The van der Waals surface area contributed by atoms with Gasteiger partial charge in [-0.05, 0) is 49.6 Å². The normalized spacial score (nSPS) is 15.6. The Morgan fingerprint density at radius 1 is 1.03 bits per heavy atom. The smallest absolute Gasteiger partial charge is 0.271 e. The topological polar surface area (TPSA) is 66.0 Å². The van der Waals surface area contributed by atoms with Crippen molar-refractivity contribution in [2.75, 3.05) is 46.2 Å². The lowest BCUT2D eigenvalue weighted by Crippen LogP contribution is -2.37. The maximum atomic E-state index is 13.5. The highest BCUT2D eigenvalue weighted by Crippen LogP contribution is 2.20. The summed E-state index contributed by atoms with van der Waals surface area (Å²) >= 11 is 0. The molecule has 7 heteroatoms. The van der Waals surface area contributed by atoms with E-state index < -0.39 is 0 Å². The fraction of sp³-hybridized carbons (Fsp3) is 0.458. The molecule has 0 spiro atoms. The van der Waals surface area contributed by atoms with Crippen molar-refractivity contribution in [3.63, 3.8) is 0 Å². The summed E-state index contributed by atoms with van der Waals surface area (Å²) in [5.41, 5.74) is 3.57. The summed E-state index contributed by atoms with van der Waals surface area (Å²) in [6, 6.07) is 11.5. The second kappa shape index (κ2) is 9.92. The number of carbonyl (C=O) groups excluding carboxylic acids is 2.